The molecular weight excluding hydrogens is 817 g/mol. The zero-order valence-corrected chi connectivity index (χ0v) is 45.2. The van der Waals surface area contributed by atoms with Crippen LogP contribution in [0.3, 0.4) is 0 Å². The van der Waals surface area contributed by atoms with Crippen molar-refractivity contribution in [1.82, 2.24) is 0 Å². The Kier molecular flexibility index (Phi) is 53.0. The molecule has 392 valence electrons. The van der Waals surface area contributed by atoms with Crippen LogP contribution in [0.25, 0.3) is 0 Å². The predicted octanol–water partition coefficient (Wildman–Crippen LogP) is 19.8. The van der Waals surface area contributed by atoms with E-state index in [1.165, 1.54) is 238 Å². The summed E-state index contributed by atoms with van der Waals surface area (Å²) >= 11 is 0. The van der Waals surface area contributed by atoms with Crippen LogP contribution in [0.1, 0.15) is 342 Å². The molecule has 2 atom stereocenters. The summed E-state index contributed by atoms with van der Waals surface area (Å²) in [5.74, 6) is 0.0636. The minimum absolute atomic E-state index is 0.0616. The Morgan fingerprint density at radius 1 is 0.303 bits per heavy atom. The van der Waals surface area contributed by atoms with Gasteiger partial charge < -0.3 is 14.2 Å². The first-order chi connectivity index (χ1) is 32.4. The lowest BCUT2D eigenvalue weighted by Gasteiger charge is -2.18. The number of carbonyl (C=O) groups is 3. The van der Waals surface area contributed by atoms with Gasteiger partial charge in [0.1, 0.15) is 13.2 Å². The third kappa shape index (κ3) is 51.8. The summed E-state index contributed by atoms with van der Waals surface area (Å²) < 4.78 is 16.9. The molecule has 0 aliphatic heterocycles. The topological polar surface area (TPSA) is 78.9 Å². The van der Waals surface area contributed by atoms with Crippen LogP contribution in [0, 0.1) is 5.92 Å². The number of unbranched alkanes of at least 4 members (excludes halogenated alkanes) is 41. The van der Waals surface area contributed by atoms with Gasteiger partial charge in [0.2, 0.25) is 0 Å². The highest BCUT2D eigenvalue weighted by Crippen LogP contribution is 2.19. The van der Waals surface area contributed by atoms with Gasteiger partial charge in [-0.1, -0.05) is 304 Å². The van der Waals surface area contributed by atoms with Crippen molar-refractivity contribution in [2.45, 2.75) is 348 Å². The van der Waals surface area contributed by atoms with Crippen molar-refractivity contribution < 1.29 is 28.6 Å². The molecule has 0 bridgehead atoms. The third-order valence-electron chi connectivity index (χ3n) is 14.2. The van der Waals surface area contributed by atoms with E-state index in [-0.39, 0.29) is 31.1 Å². The lowest BCUT2D eigenvalue weighted by atomic mass is 9.99. The van der Waals surface area contributed by atoms with Gasteiger partial charge in [0.15, 0.2) is 6.10 Å². The molecule has 0 aromatic heterocycles. The van der Waals surface area contributed by atoms with Crippen LogP contribution in [0.2, 0.25) is 0 Å². The minimum Gasteiger partial charge on any atom is -0.462 e. The molecule has 0 aromatic rings. The molecule has 0 spiro atoms. The second-order valence-corrected chi connectivity index (χ2v) is 20.9. The van der Waals surface area contributed by atoms with E-state index in [2.05, 4.69) is 27.7 Å². The van der Waals surface area contributed by atoms with Gasteiger partial charge in [0.25, 0.3) is 0 Å². The van der Waals surface area contributed by atoms with Crippen molar-refractivity contribution in [2.24, 2.45) is 5.92 Å². The summed E-state index contributed by atoms with van der Waals surface area (Å²) in [5.41, 5.74) is 0. The fourth-order valence-electron chi connectivity index (χ4n) is 9.25. The molecule has 0 saturated carbocycles. The maximum absolute atomic E-state index is 12.9. The number of hydrogen-bond acceptors (Lipinski definition) is 6. The van der Waals surface area contributed by atoms with Gasteiger partial charge in [-0.25, -0.2) is 0 Å². The lowest BCUT2D eigenvalue weighted by Crippen LogP contribution is -2.30. The van der Waals surface area contributed by atoms with Crippen molar-refractivity contribution in [3.8, 4) is 0 Å². The minimum atomic E-state index is -0.762. The number of carbonyl (C=O) groups excluding carboxylic acids is 3. The van der Waals surface area contributed by atoms with Crippen molar-refractivity contribution in [3.05, 3.63) is 0 Å². The van der Waals surface area contributed by atoms with Crippen molar-refractivity contribution in [2.75, 3.05) is 13.2 Å². The molecule has 0 rings (SSSR count). The Balaban J connectivity index is 4.29. The van der Waals surface area contributed by atoms with Gasteiger partial charge in [-0.2, -0.15) is 0 Å². The highest BCUT2D eigenvalue weighted by Gasteiger charge is 2.19. The number of ether oxygens (including phenoxy) is 3. The predicted molar refractivity (Wildman–Crippen MR) is 284 cm³/mol. The average molecular weight is 934 g/mol. The molecule has 0 aliphatic rings. The van der Waals surface area contributed by atoms with Gasteiger partial charge >= 0.3 is 17.9 Å². The highest BCUT2D eigenvalue weighted by atomic mass is 16.6. The standard InChI is InChI=1S/C60H116O6/c1-5-8-10-12-14-16-18-20-22-23-29-33-37-41-45-49-53-60(63)66-57(54-64-58(61)51-47-43-39-35-31-27-21-19-17-15-13-11-9-6-2)55-65-59(62)52-48-44-40-36-32-28-25-24-26-30-34-38-42-46-50-56(4)7-3/h56-57H,5-55H2,1-4H3/t56?,57-/m0/s1. The van der Waals surface area contributed by atoms with E-state index in [1.807, 2.05) is 0 Å². The quantitative estimate of drug-likeness (QED) is 0.0343. The van der Waals surface area contributed by atoms with E-state index >= 15 is 0 Å². The fraction of sp³-hybridized carbons (Fsp3) is 0.950. The van der Waals surface area contributed by atoms with Crippen molar-refractivity contribution in [3.63, 3.8) is 0 Å². The maximum Gasteiger partial charge on any atom is 0.306 e. The summed E-state index contributed by atoms with van der Waals surface area (Å²) in [5, 5.41) is 0. The van der Waals surface area contributed by atoms with Gasteiger partial charge in [0.05, 0.1) is 0 Å². The van der Waals surface area contributed by atoms with E-state index in [1.54, 1.807) is 0 Å². The molecule has 0 N–H and O–H groups in total. The molecule has 0 fully saturated rings. The van der Waals surface area contributed by atoms with Crippen LogP contribution in [-0.2, 0) is 28.6 Å². The maximum atomic E-state index is 12.9. The molecule has 1 unspecified atom stereocenters. The number of hydrogen-bond donors (Lipinski definition) is 0. The highest BCUT2D eigenvalue weighted by molar-refractivity contribution is 5.71. The van der Waals surface area contributed by atoms with Crippen LogP contribution in [0.5, 0.6) is 0 Å². The average Bonchev–Trinajstić information content (AvgIpc) is 3.32. The van der Waals surface area contributed by atoms with E-state index in [0.29, 0.717) is 19.3 Å². The largest absolute Gasteiger partial charge is 0.462 e. The molecule has 0 amide bonds. The molecule has 0 saturated heterocycles. The van der Waals surface area contributed by atoms with Crippen LogP contribution in [-0.4, -0.2) is 37.2 Å². The zero-order chi connectivity index (χ0) is 48.1. The first-order valence-corrected chi connectivity index (χ1v) is 29.9. The normalized spacial score (nSPS) is 12.4. The molecule has 0 heterocycles. The SMILES string of the molecule is CCCCCCCCCCCCCCCCCCC(=O)O[C@@H](COC(=O)CCCCCCCCCCCCCCCC)COC(=O)CCCCCCCCCCCCCCCCC(C)CC. The van der Waals surface area contributed by atoms with Gasteiger partial charge in [0, 0.05) is 19.3 Å². The first-order valence-electron chi connectivity index (χ1n) is 29.9. The molecule has 0 aromatic carbocycles. The Labute approximate surface area is 412 Å². The van der Waals surface area contributed by atoms with Crippen molar-refractivity contribution >= 4 is 17.9 Å². The Hall–Kier alpha value is -1.59. The lowest BCUT2D eigenvalue weighted by molar-refractivity contribution is -0.167. The summed E-state index contributed by atoms with van der Waals surface area (Å²) in [7, 11) is 0. The Morgan fingerprint density at radius 2 is 0.530 bits per heavy atom. The van der Waals surface area contributed by atoms with E-state index in [0.717, 1.165) is 63.7 Å². The zero-order valence-electron chi connectivity index (χ0n) is 45.2. The fourth-order valence-corrected chi connectivity index (χ4v) is 9.25. The first kappa shape index (κ1) is 64.4. The van der Waals surface area contributed by atoms with Gasteiger partial charge in [-0.3, -0.25) is 14.4 Å². The smallest absolute Gasteiger partial charge is 0.306 e. The van der Waals surface area contributed by atoms with Crippen LogP contribution in [0.15, 0.2) is 0 Å². The van der Waals surface area contributed by atoms with Gasteiger partial charge in [-0.05, 0) is 25.2 Å². The molecule has 0 aliphatic carbocycles. The van der Waals surface area contributed by atoms with Gasteiger partial charge in [-0.15, -0.1) is 0 Å². The number of esters is 3. The Bertz CT molecular complexity index is 998. The molecule has 66 heavy (non-hydrogen) atoms. The number of rotatable bonds is 55. The molecule has 6 heteroatoms. The van der Waals surface area contributed by atoms with E-state index < -0.39 is 6.10 Å². The molecule has 0 radical (unpaired) electrons. The summed E-state index contributed by atoms with van der Waals surface area (Å²) in [6, 6.07) is 0. The summed E-state index contributed by atoms with van der Waals surface area (Å²) in [6.07, 6.45) is 59.4. The van der Waals surface area contributed by atoms with E-state index in [9.17, 15) is 14.4 Å². The van der Waals surface area contributed by atoms with E-state index in [4.69, 9.17) is 14.2 Å². The summed E-state index contributed by atoms with van der Waals surface area (Å²) in [4.78, 5) is 38.2. The van der Waals surface area contributed by atoms with Crippen LogP contribution >= 0.6 is 0 Å². The molecule has 6 nitrogen and oxygen atoms in total. The van der Waals surface area contributed by atoms with Crippen LogP contribution in [0.4, 0.5) is 0 Å². The summed E-state index contributed by atoms with van der Waals surface area (Å²) in [6.45, 7) is 9.11. The third-order valence-corrected chi connectivity index (χ3v) is 14.2. The Morgan fingerprint density at radius 3 is 0.788 bits per heavy atom. The van der Waals surface area contributed by atoms with Crippen LogP contribution < -0.4 is 0 Å². The molecular formula is C60H116O6. The van der Waals surface area contributed by atoms with Crippen molar-refractivity contribution in [1.29, 1.82) is 0 Å². The second kappa shape index (κ2) is 54.4. The monoisotopic (exact) mass is 933 g/mol. The second-order valence-electron chi connectivity index (χ2n) is 20.9.